The Morgan fingerprint density at radius 2 is 1.64 bits per heavy atom. The Morgan fingerprint density at radius 1 is 1.00 bits per heavy atom. The second kappa shape index (κ2) is 5.47. The van der Waals surface area contributed by atoms with Gasteiger partial charge in [-0.05, 0) is 51.9 Å². The summed E-state index contributed by atoms with van der Waals surface area (Å²) in [4.78, 5) is 5.30. The highest BCUT2D eigenvalue weighted by molar-refractivity contribution is 9.09. The third kappa shape index (κ3) is 2.71. The second-order valence-electron chi connectivity index (χ2n) is 4.50. The monoisotopic (exact) mass is 260 g/mol. The lowest BCUT2D eigenvalue weighted by Gasteiger charge is -2.36. The van der Waals surface area contributed by atoms with E-state index in [0.717, 1.165) is 11.4 Å². The van der Waals surface area contributed by atoms with Gasteiger partial charge in [0.05, 0.1) is 0 Å². The van der Waals surface area contributed by atoms with Crippen molar-refractivity contribution in [3.05, 3.63) is 0 Å². The van der Waals surface area contributed by atoms with E-state index in [4.69, 9.17) is 0 Å². The van der Waals surface area contributed by atoms with Crippen LogP contribution in [0.5, 0.6) is 0 Å². The standard InChI is InChI=1S/C11H21BrN2/c12-5-10-13-8-3-11(4-9-13)14-6-1-2-7-14/h11H,1-10H2. The lowest BCUT2D eigenvalue weighted by atomic mass is 10.0. The Labute approximate surface area is 95.8 Å². The average molecular weight is 261 g/mol. The summed E-state index contributed by atoms with van der Waals surface area (Å²) in [5, 5.41) is 1.13. The van der Waals surface area contributed by atoms with Crippen LogP contribution < -0.4 is 0 Å². The molecular formula is C11H21BrN2. The van der Waals surface area contributed by atoms with Crippen molar-refractivity contribution < 1.29 is 0 Å². The zero-order chi connectivity index (χ0) is 9.80. The van der Waals surface area contributed by atoms with Crippen molar-refractivity contribution in [1.82, 2.24) is 9.80 Å². The predicted octanol–water partition coefficient (Wildman–Crippen LogP) is 1.94. The third-order valence-electron chi connectivity index (χ3n) is 3.61. The summed E-state index contributed by atoms with van der Waals surface area (Å²) in [5.74, 6) is 0. The Morgan fingerprint density at radius 3 is 2.21 bits per heavy atom. The van der Waals surface area contributed by atoms with Crippen LogP contribution in [0, 0.1) is 0 Å². The largest absolute Gasteiger partial charge is 0.302 e. The van der Waals surface area contributed by atoms with Crippen LogP contribution in [-0.2, 0) is 0 Å². The van der Waals surface area contributed by atoms with Gasteiger partial charge in [-0.2, -0.15) is 0 Å². The number of halogens is 1. The normalized spacial score (nSPS) is 27.2. The molecule has 0 aromatic rings. The minimum absolute atomic E-state index is 0.907. The molecule has 2 heterocycles. The van der Waals surface area contributed by atoms with Gasteiger partial charge >= 0.3 is 0 Å². The van der Waals surface area contributed by atoms with Gasteiger partial charge in [-0.25, -0.2) is 0 Å². The van der Waals surface area contributed by atoms with Gasteiger partial charge in [0.15, 0.2) is 0 Å². The van der Waals surface area contributed by atoms with Crippen molar-refractivity contribution in [2.75, 3.05) is 38.1 Å². The zero-order valence-corrected chi connectivity index (χ0v) is 10.5. The van der Waals surface area contributed by atoms with E-state index in [0.29, 0.717) is 0 Å². The van der Waals surface area contributed by atoms with Gasteiger partial charge in [0, 0.05) is 17.9 Å². The molecule has 3 heteroatoms. The molecule has 2 nitrogen and oxygen atoms in total. The van der Waals surface area contributed by atoms with Crippen LogP contribution in [0.4, 0.5) is 0 Å². The van der Waals surface area contributed by atoms with Gasteiger partial charge in [0.2, 0.25) is 0 Å². The molecule has 0 unspecified atom stereocenters. The van der Waals surface area contributed by atoms with Gasteiger partial charge in [0.25, 0.3) is 0 Å². The summed E-state index contributed by atoms with van der Waals surface area (Å²) in [7, 11) is 0. The molecule has 0 bridgehead atoms. The molecule has 2 aliphatic rings. The highest BCUT2D eigenvalue weighted by Gasteiger charge is 2.25. The molecule has 14 heavy (non-hydrogen) atoms. The van der Waals surface area contributed by atoms with E-state index in [1.807, 2.05) is 0 Å². The van der Waals surface area contributed by atoms with E-state index < -0.39 is 0 Å². The summed E-state index contributed by atoms with van der Waals surface area (Å²) in [5.41, 5.74) is 0. The maximum absolute atomic E-state index is 3.51. The van der Waals surface area contributed by atoms with E-state index in [2.05, 4.69) is 25.7 Å². The highest BCUT2D eigenvalue weighted by Crippen LogP contribution is 2.20. The summed E-state index contributed by atoms with van der Waals surface area (Å²) in [6, 6.07) is 0.907. The Hall–Kier alpha value is 0.400. The number of alkyl halides is 1. The van der Waals surface area contributed by atoms with Crippen LogP contribution in [-0.4, -0.2) is 53.9 Å². The van der Waals surface area contributed by atoms with Crippen molar-refractivity contribution >= 4 is 15.9 Å². The first kappa shape index (κ1) is 10.9. The first-order chi connectivity index (χ1) is 6.90. The lowest BCUT2D eigenvalue weighted by molar-refractivity contribution is 0.132. The lowest BCUT2D eigenvalue weighted by Crippen LogP contribution is -2.44. The van der Waals surface area contributed by atoms with E-state index >= 15 is 0 Å². The SMILES string of the molecule is BrCCN1CCC(N2CCCC2)CC1. The zero-order valence-electron chi connectivity index (χ0n) is 8.92. The van der Waals surface area contributed by atoms with E-state index in [1.165, 1.54) is 58.4 Å². The molecule has 0 N–H and O–H groups in total. The number of rotatable bonds is 3. The molecular weight excluding hydrogens is 240 g/mol. The van der Waals surface area contributed by atoms with Crippen LogP contribution in [0.1, 0.15) is 25.7 Å². The van der Waals surface area contributed by atoms with E-state index in [1.54, 1.807) is 0 Å². The smallest absolute Gasteiger partial charge is 0.0159 e. The molecule has 0 aliphatic carbocycles. The fraction of sp³-hybridized carbons (Fsp3) is 1.00. The molecule has 2 rings (SSSR count). The number of nitrogens with zero attached hydrogens (tertiary/aromatic N) is 2. The van der Waals surface area contributed by atoms with E-state index in [-0.39, 0.29) is 0 Å². The molecule has 0 radical (unpaired) electrons. The quantitative estimate of drug-likeness (QED) is 0.716. The first-order valence-electron chi connectivity index (χ1n) is 5.92. The molecule has 0 aromatic heterocycles. The maximum Gasteiger partial charge on any atom is 0.0159 e. The maximum atomic E-state index is 3.51. The molecule has 0 atom stereocenters. The van der Waals surface area contributed by atoms with Gasteiger partial charge in [-0.15, -0.1) is 0 Å². The highest BCUT2D eigenvalue weighted by atomic mass is 79.9. The van der Waals surface area contributed by atoms with Crippen LogP contribution in [0.3, 0.4) is 0 Å². The molecule has 0 aromatic carbocycles. The number of likely N-dealkylation sites (tertiary alicyclic amines) is 2. The Bertz CT molecular complexity index is 161. The molecule has 0 spiro atoms. The summed E-state index contributed by atoms with van der Waals surface area (Å²) < 4.78 is 0. The van der Waals surface area contributed by atoms with Crippen LogP contribution in [0.15, 0.2) is 0 Å². The van der Waals surface area contributed by atoms with Gasteiger partial charge < -0.3 is 9.80 Å². The number of hydrogen-bond donors (Lipinski definition) is 0. The minimum atomic E-state index is 0.907. The Kier molecular flexibility index (Phi) is 4.26. The molecule has 2 aliphatic heterocycles. The average Bonchev–Trinajstić information content (AvgIpc) is 2.72. The molecule has 2 saturated heterocycles. The van der Waals surface area contributed by atoms with Crippen molar-refractivity contribution in [3.8, 4) is 0 Å². The van der Waals surface area contributed by atoms with Crippen LogP contribution >= 0.6 is 15.9 Å². The summed E-state index contributed by atoms with van der Waals surface area (Å²) >= 11 is 3.51. The van der Waals surface area contributed by atoms with Crippen LogP contribution in [0.25, 0.3) is 0 Å². The fourth-order valence-electron chi connectivity index (χ4n) is 2.73. The van der Waals surface area contributed by atoms with Gasteiger partial charge in [0.1, 0.15) is 0 Å². The fourth-order valence-corrected chi connectivity index (χ4v) is 3.24. The van der Waals surface area contributed by atoms with Crippen molar-refractivity contribution in [2.45, 2.75) is 31.7 Å². The van der Waals surface area contributed by atoms with Gasteiger partial charge in [-0.1, -0.05) is 15.9 Å². The molecule has 0 amide bonds. The van der Waals surface area contributed by atoms with Gasteiger partial charge in [-0.3, -0.25) is 0 Å². The first-order valence-corrected chi connectivity index (χ1v) is 7.04. The van der Waals surface area contributed by atoms with Crippen molar-refractivity contribution in [1.29, 1.82) is 0 Å². The third-order valence-corrected chi connectivity index (χ3v) is 3.97. The molecule has 2 fully saturated rings. The van der Waals surface area contributed by atoms with Crippen molar-refractivity contribution in [2.24, 2.45) is 0 Å². The topological polar surface area (TPSA) is 6.48 Å². The molecule has 82 valence electrons. The van der Waals surface area contributed by atoms with E-state index in [9.17, 15) is 0 Å². The predicted molar refractivity (Wildman–Crippen MR) is 64.1 cm³/mol. The molecule has 0 saturated carbocycles. The Balaban J connectivity index is 1.72. The summed E-state index contributed by atoms with van der Waals surface area (Å²) in [6.45, 7) is 6.58. The number of hydrogen-bond acceptors (Lipinski definition) is 2. The van der Waals surface area contributed by atoms with Crippen molar-refractivity contribution in [3.63, 3.8) is 0 Å². The number of piperidine rings is 1. The van der Waals surface area contributed by atoms with Crippen LogP contribution in [0.2, 0.25) is 0 Å². The summed E-state index contributed by atoms with van der Waals surface area (Å²) in [6.07, 6.45) is 5.66. The minimum Gasteiger partial charge on any atom is -0.302 e. The second-order valence-corrected chi connectivity index (χ2v) is 5.30.